The molecular formula is C4H9NO. The quantitative estimate of drug-likeness (QED) is 0.304. The summed E-state index contributed by atoms with van der Waals surface area (Å²) in [5.74, 6) is 0. The highest BCUT2D eigenvalue weighted by Gasteiger charge is 1.64. The molecule has 6 heavy (non-hydrogen) atoms. The fourth-order valence-electron chi connectivity index (χ4n) is 0.142. The van der Waals surface area contributed by atoms with E-state index in [2.05, 4.69) is 16.6 Å². The van der Waals surface area contributed by atoms with E-state index in [1.165, 1.54) is 6.26 Å². The maximum absolute atomic E-state index is 4.64. The molecule has 0 atom stereocenters. The van der Waals surface area contributed by atoms with Crippen LogP contribution in [0.3, 0.4) is 0 Å². The summed E-state index contributed by atoms with van der Waals surface area (Å²) in [7, 11) is 1.81. The fourth-order valence-corrected chi connectivity index (χ4v) is 0.142. The molecule has 2 nitrogen and oxygen atoms in total. The Hall–Kier alpha value is -0.500. The minimum Gasteiger partial charge on any atom is -0.487 e. The molecule has 0 bridgehead atoms. The molecule has 0 fully saturated rings. The number of hydrogen-bond acceptors (Lipinski definition) is 2. The minimum absolute atomic E-state index is 0.545. The topological polar surface area (TPSA) is 21.3 Å². The predicted molar refractivity (Wildman–Crippen MR) is 25.2 cm³/mol. The van der Waals surface area contributed by atoms with Gasteiger partial charge >= 0.3 is 0 Å². The van der Waals surface area contributed by atoms with Gasteiger partial charge in [0.05, 0.1) is 6.26 Å². The zero-order chi connectivity index (χ0) is 4.83. The molecular weight excluding hydrogens is 78.0 g/mol. The molecule has 0 aromatic carbocycles. The van der Waals surface area contributed by atoms with E-state index in [1.54, 1.807) is 0 Å². The lowest BCUT2D eigenvalue weighted by atomic mass is 11.1. The van der Waals surface area contributed by atoms with E-state index in [-0.39, 0.29) is 0 Å². The molecule has 1 N–H and O–H groups in total. The van der Waals surface area contributed by atoms with Crippen molar-refractivity contribution in [1.29, 1.82) is 0 Å². The van der Waals surface area contributed by atoms with Crippen molar-refractivity contribution in [2.24, 2.45) is 0 Å². The molecule has 0 heterocycles. The van der Waals surface area contributed by atoms with Gasteiger partial charge in [0.25, 0.3) is 0 Å². The van der Waals surface area contributed by atoms with Crippen molar-refractivity contribution >= 4 is 0 Å². The Morgan fingerprint density at radius 1 is 2.00 bits per heavy atom. The molecule has 0 aromatic rings. The minimum atomic E-state index is 0.545. The Labute approximate surface area is 37.8 Å². The Kier molecular flexibility index (Phi) is 4.12. The van der Waals surface area contributed by atoms with E-state index in [9.17, 15) is 0 Å². The molecule has 0 aliphatic carbocycles. The van der Waals surface area contributed by atoms with Gasteiger partial charge in [-0.25, -0.2) is 0 Å². The summed E-state index contributed by atoms with van der Waals surface area (Å²) >= 11 is 0. The summed E-state index contributed by atoms with van der Waals surface area (Å²) in [5, 5.41) is 2.78. The second-order valence-corrected chi connectivity index (χ2v) is 0.831. The van der Waals surface area contributed by atoms with Crippen LogP contribution >= 0.6 is 0 Å². The van der Waals surface area contributed by atoms with Gasteiger partial charge < -0.3 is 4.74 Å². The van der Waals surface area contributed by atoms with Gasteiger partial charge in [-0.3, -0.25) is 5.32 Å². The van der Waals surface area contributed by atoms with Crippen LogP contribution in [-0.2, 0) is 4.74 Å². The van der Waals surface area contributed by atoms with Crippen molar-refractivity contribution in [1.82, 2.24) is 5.32 Å². The maximum atomic E-state index is 4.64. The molecule has 0 aliphatic rings. The monoisotopic (exact) mass is 87.1 g/mol. The van der Waals surface area contributed by atoms with Crippen molar-refractivity contribution in [3.05, 3.63) is 12.8 Å². The summed E-state index contributed by atoms with van der Waals surface area (Å²) in [6.45, 7) is 3.88. The van der Waals surface area contributed by atoms with Crippen LogP contribution in [0.15, 0.2) is 12.8 Å². The molecule has 2 heteroatoms. The van der Waals surface area contributed by atoms with Crippen LogP contribution in [0.4, 0.5) is 0 Å². The van der Waals surface area contributed by atoms with E-state index in [1.807, 2.05) is 7.05 Å². The highest BCUT2D eigenvalue weighted by molar-refractivity contribution is 4.45. The summed E-state index contributed by atoms with van der Waals surface area (Å²) in [6.07, 6.45) is 1.40. The Bertz CT molecular complexity index is 36.5. The number of hydrogen-bond donors (Lipinski definition) is 1. The van der Waals surface area contributed by atoms with Gasteiger partial charge in [0.2, 0.25) is 0 Å². The van der Waals surface area contributed by atoms with Crippen molar-refractivity contribution < 1.29 is 4.74 Å². The van der Waals surface area contributed by atoms with E-state index >= 15 is 0 Å². The highest BCUT2D eigenvalue weighted by atomic mass is 16.5. The summed E-state index contributed by atoms with van der Waals surface area (Å²) in [6, 6.07) is 0. The van der Waals surface area contributed by atoms with Gasteiger partial charge in [0.1, 0.15) is 6.73 Å². The van der Waals surface area contributed by atoms with Crippen LogP contribution in [0.1, 0.15) is 0 Å². The number of rotatable bonds is 3. The van der Waals surface area contributed by atoms with Gasteiger partial charge in [0, 0.05) is 0 Å². The third kappa shape index (κ3) is 3.50. The van der Waals surface area contributed by atoms with Crippen molar-refractivity contribution in [2.75, 3.05) is 13.8 Å². The Balaban J connectivity index is 2.49. The zero-order valence-corrected chi connectivity index (χ0v) is 3.90. The Morgan fingerprint density at radius 2 is 2.67 bits per heavy atom. The smallest absolute Gasteiger partial charge is 0.138 e. The lowest BCUT2D eigenvalue weighted by molar-refractivity contribution is 0.232. The Morgan fingerprint density at radius 3 is 2.83 bits per heavy atom. The lowest BCUT2D eigenvalue weighted by Gasteiger charge is -1.92. The summed E-state index contributed by atoms with van der Waals surface area (Å²) in [5.41, 5.74) is 0. The molecule has 0 aromatic heterocycles. The molecule has 0 spiro atoms. The number of nitrogens with one attached hydrogen (secondary N) is 1. The molecule has 0 amide bonds. The molecule has 0 unspecified atom stereocenters. The molecule has 0 radical (unpaired) electrons. The van der Waals surface area contributed by atoms with E-state index in [0.717, 1.165) is 0 Å². The standard InChI is InChI=1S/C4H9NO/c1-3-6-4-5-2/h3,5H,1,4H2,2H3. The molecule has 0 aliphatic heterocycles. The molecule has 0 rings (SSSR count). The van der Waals surface area contributed by atoms with Crippen LogP contribution in [0.25, 0.3) is 0 Å². The average Bonchev–Trinajstić information content (AvgIpc) is 1.61. The van der Waals surface area contributed by atoms with Crippen LogP contribution < -0.4 is 5.32 Å². The van der Waals surface area contributed by atoms with Gasteiger partial charge in [-0.15, -0.1) is 0 Å². The van der Waals surface area contributed by atoms with Crippen LogP contribution in [0, 0.1) is 0 Å². The lowest BCUT2D eigenvalue weighted by Crippen LogP contribution is -2.07. The normalized spacial score (nSPS) is 7.50. The maximum Gasteiger partial charge on any atom is 0.138 e. The molecule has 0 saturated heterocycles. The van der Waals surface area contributed by atoms with Crippen LogP contribution in [0.5, 0.6) is 0 Å². The third-order valence-corrected chi connectivity index (χ3v) is 0.346. The second kappa shape index (κ2) is 4.50. The first-order chi connectivity index (χ1) is 2.91. The van der Waals surface area contributed by atoms with Gasteiger partial charge in [0.15, 0.2) is 0 Å². The zero-order valence-electron chi connectivity index (χ0n) is 3.90. The largest absolute Gasteiger partial charge is 0.487 e. The van der Waals surface area contributed by atoms with Crippen LogP contribution in [0.2, 0.25) is 0 Å². The van der Waals surface area contributed by atoms with E-state index in [4.69, 9.17) is 0 Å². The average molecular weight is 87.1 g/mol. The SMILES string of the molecule is C=COCNC. The summed E-state index contributed by atoms with van der Waals surface area (Å²) < 4.78 is 4.64. The van der Waals surface area contributed by atoms with Gasteiger partial charge in [-0.05, 0) is 7.05 Å². The number of ether oxygens (including phenoxy) is 1. The first-order valence-corrected chi connectivity index (χ1v) is 1.79. The highest BCUT2D eigenvalue weighted by Crippen LogP contribution is 1.62. The van der Waals surface area contributed by atoms with Gasteiger partial charge in [-0.2, -0.15) is 0 Å². The van der Waals surface area contributed by atoms with Crippen molar-refractivity contribution in [2.45, 2.75) is 0 Å². The van der Waals surface area contributed by atoms with E-state index < -0.39 is 0 Å². The molecule has 0 saturated carbocycles. The first kappa shape index (κ1) is 5.50. The van der Waals surface area contributed by atoms with Gasteiger partial charge in [-0.1, -0.05) is 6.58 Å². The third-order valence-electron chi connectivity index (χ3n) is 0.346. The second-order valence-electron chi connectivity index (χ2n) is 0.831. The first-order valence-electron chi connectivity index (χ1n) is 1.79. The fraction of sp³-hybridized carbons (Fsp3) is 0.500. The van der Waals surface area contributed by atoms with Crippen molar-refractivity contribution in [3.8, 4) is 0 Å². The van der Waals surface area contributed by atoms with Crippen molar-refractivity contribution in [3.63, 3.8) is 0 Å². The molecule has 36 valence electrons. The van der Waals surface area contributed by atoms with E-state index in [0.29, 0.717) is 6.73 Å². The predicted octanol–water partition coefficient (Wildman–Crippen LogP) is 0.323. The van der Waals surface area contributed by atoms with Crippen LogP contribution in [-0.4, -0.2) is 13.8 Å². The summed E-state index contributed by atoms with van der Waals surface area (Å²) in [4.78, 5) is 0.